The Morgan fingerprint density at radius 3 is 0.634 bits per heavy atom. The van der Waals surface area contributed by atoms with Crippen molar-refractivity contribution in [2.24, 2.45) is 0 Å². The molecule has 10 aromatic carbocycles. The second kappa shape index (κ2) is 56.9. The van der Waals surface area contributed by atoms with Crippen LogP contribution in [0.25, 0.3) is 0 Å². The Labute approximate surface area is 589 Å². The zero-order chi connectivity index (χ0) is 66.4. The Morgan fingerprint density at radius 1 is 0.237 bits per heavy atom. The van der Waals surface area contributed by atoms with E-state index in [1.807, 2.05) is 241 Å². The summed E-state index contributed by atoms with van der Waals surface area (Å²) in [5.74, 6) is 3.35. The van der Waals surface area contributed by atoms with Crippen LogP contribution >= 0.6 is 45.2 Å². The Kier molecular flexibility index (Phi) is 52.1. The minimum absolute atomic E-state index is 0. The fourth-order valence-corrected chi connectivity index (χ4v) is 8.65. The smallest absolute Gasteiger partial charge is 0.119 e. The molecule has 0 radical (unpaired) electrons. The Hall–Kier alpha value is -7.82. The monoisotopic (exact) mass is 1480 g/mol. The number of anilines is 8. The van der Waals surface area contributed by atoms with Crippen LogP contribution in [0.2, 0.25) is 0 Å². The van der Waals surface area contributed by atoms with Gasteiger partial charge < -0.3 is 43.5 Å². The Bertz CT molecular complexity index is 2900. The van der Waals surface area contributed by atoms with Crippen molar-refractivity contribution in [2.45, 2.75) is 97.9 Å². The van der Waals surface area contributed by atoms with Gasteiger partial charge in [-0.1, -0.05) is 207 Å². The summed E-state index contributed by atoms with van der Waals surface area (Å²) in [6, 6.07) is 93.9. The lowest BCUT2D eigenvalue weighted by molar-refractivity contribution is 0.0764. The zero-order valence-corrected chi connectivity index (χ0v) is 60.1. The van der Waals surface area contributed by atoms with Crippen molar-refractivity contribution in [1.82, 2.24) is 0 Å². The minimum atomic E-state index is 0. The lowest BCUT2D eigenvalue weighted by atomic mass is 10.2. The van der Waals surface area contributed by atoms with E-state index in [1.54, 1.807) is 0 Å². The highest BCUT2D eigenvalue weighted by Crippen LogP contribution is 2.36. The number of halogens is 2. The van der Waals surface area contributed by atoms with E-state index in [0.717, 1.165) is 68.5 Å². The van der Waals surface area contributed by atoms with Crippen molar-refractivity contribution in [3.63, 3.8) is 0 Å². The molecule has 0 heterocycles. The van der Waals surface area contributed by atoms with E-state index in [9.17, 15) is 0 Å². The molecule has 0 saturated carbocycles. The molecule has 500 valence electrons. The van der Waals surface area contributed by atoms with Gasteiger partial charge in [0.15, 0.2) is 0 Å². The molecule has 0 aromatic heterocycles. The maximum Gasteiger partial charge on any atom is 0.119 e. The molecule has 93 heavy (non-hydrogen) atoms. The SMILES string of the molecule is C.C.CC.CC.CC.CC.CC.CC.Ic1ccc(OCCOCCOc2ccc(I)cc2)cc1.c1ccc(N(c2ccccc2)c2ccc(OCCOCCOc3ccc(N(c4ccccc4)c4ccccc4)cc3)cc2)cc1.c1ccc(Nc2ccccc2)cc1. The van der Waals surface area contributed by atoms with Crippen LogP contribution in [0.15, 0.2) is 279 Å². The quantitative estimate of drug-likeness (QED) is 0.0470. The summed E-state index contributed by atoms with van der Waals surface area (Å²) in [7, 11) is 0. The van der Waals surface area contributed by atoms with Crippen LogP contribution in [0.4, 0.5) is 45.5 Å². The van der Waals surface area contributed by atoms with E-state index < -0.39 is 0 Å². The van der Waals surface area contributed by atoms with Crippen LogP contribution in [-0.4, -0.2) is 52.9 Å². The van der Waals surface area contributed by atoms with Gasteiger partial charge in [0.05, 0.1) is 26.4 Å². The molecule has 0 fully saturated rings. The van der Waals surface area contributed by atoms with Crippen molar-refractivity contribution in [3.8, 4) is 23.0 Å². The summed E-state index contributed by atoms with van der Waals surface area (Å²) in [4.78, 5) is 4.45. The Morgan fingerprint density at radius 2 is 0.419 bits per heavy atom. The molecule has 0 spiro atoms. The number of nitrogens with one attached hydrogen (secondary N) is 1. The van der Waals surface area contributed by atoms with Crippen molar-refractivity contribution in [2.75, 3.05) is 68.0 Å². The van der Waals surface area contributed by atoms with Gasteiger partial charge in [-0.05, 0) is 215 Å². The van der Waals surface area contributed by atoms with Crippen molar-refractivity contribution < 1.29 is 28.4 Å². The number of para-hydroxylation sites is 6. The summed E-state index contributed by atoms with van der Waals surface area (Å²) in [6.07, 6.45) is 0. The van der Waals surface area contributed by atoms with Crippen LogP contribution in [0, 0.1) is 7.14 Å². The second-order valence-corrected chi connectivity index (χ2v) is 19.9. The molecule has 0 aliphatic carbocycles. The average molecular weight is 1480 g/mol. The fraction of sp³-hybridized carbons (Fsp3) is 0.268. The third kappa shape index (κ3) is 34.6. The maximum atomic E-state index is 5.94. The van der Waals surface area contributed by atoms with Gasteiger partial charge in [0, 0.05) is 52.6 Å². The molecule has 0 unspecified atom stereocenters. The third-order valence-electron chi connectivity index (χ3n) is 11.7. The number of benzene rings is 10. The predicted molar refractivity (Wildman–Crippen MR) is 422 cm³/mol. The van der Waals surface area contributed by atoms with Gasteiger partial charge in [0.25, 0.3) is 0 Å². The van der Waals surface area contributed by atoms with E-state index >= 15 is 0 Å². The number of rotatable bonds is 24. The zero-order valence-electron chi connectivity index (χ0n) is 55.8. The van der Waals surface area contributed by atoms with Crippen molar-refractivity contribution in [3.05, 3.63) is 286 Å². The maximum absolute atomic E-state index is 5.94. The molecule has 9 nitrogen and oxygen atoms in total. The fourth-order valence-electron chi connectivity index (χ4n) is 7.93. The number of ether oxygens (including phenoxy) is 6. The van der Waals surface area contributed by atoms with Crippen LogP contribution in [0.1, 0.15) is 97.9 Å². The molecular weight excluding hydrogens is 1380 g/mol. The molecule has 0 atom stereocenters. The standard InChI is InChI=1S/C40H36N2O3.C16H16I2O3.C12H11N.6C2H6.2CH4/c1-5-13-33(14-6-1)41(34-15-7-2-8-16-34)37-21-25-39(26-22-37)44-31-29-43-30-32-45-40-27-23-38(24-28-40)42(35-17-9-3-10-18-35)36-19-11-4-12-20-36;17-13-1-5-15(6-2-13)20-11-9-19-10-12-21-16-7-3-14(18)4-8-16;1-3-7-11(8-4-1)13-12-9-5-2-6-10-12;6*1-2;;/h1-28H,29-32H2;1-8H,9-12H2;1-10,13H;6*1-2H3;2*1H4. The van der Waals surface area contributed by atoms with Gasteiger partial charge in [-0.2, -0.15) is 0 Å². The van der Waals surface area contributed by atoms with Crippen LogP contribution in [0.5, 0.6) is 23.0 Å². The van der Waals surface area contributed by atoms with E-state index in [2.05, 4.69) is 182 Å². The van der Waals surface area contributed by atoms with Crippen LogP contribution in [-0.2, 0) is 9.47 Å². The third-order valence-corrected chi connectivity index (χ3v) is 13.1. The highest BCUT2D eigenvalue weighted by atomic mass is 127. The normalized spacial score (nSPS) is 9.23. The Balaban J connectivity index is 0.00000146. The number of hydrogen-bond acceptors (Lipinski definition) is 9. The first-order valence-electron chi connectivity index (χ1n) is 32.1. The molecule has 0 bridgehead atoms. The van der Waals surface area contributed by atoms with E-state index in [4.69, 9.17) is 28.4 Å². The average Bonchev–Trinajstić information content (AvgIpc) is 0.891. The van der Waals surface area contributed by atoms with Crippen molar-refractivity contribution in [1.29, 1.82) is 0 Å². The second-order valence-electron chi connectivity index (χ2n) is 17.4. The molecule has 10 aromatic rings. The molecule has 0 aliphatic heterocycles. The molecule has 0 aliphatic rings. The van der Waals surface area contributed by atoms with Gasteiger partial charge in [0.2, 0.25) is 0 Å². The van der Waals surface area contributed by atoms with Gasteiger partial charge in [-0.15, -0.1) is 0 Å². The molecular formula is C82H107I2N3O6. The highest BCUT2D eigenvalue weighted by molar-refractivity contribution is 14.1. The predicted octanol–water partition coefficient (Wildman–Crippen LogP) is 25.3. The molecule has 10 rings (SSSR count). The summed E-state index contributed by atoms with van der Waals surface area (Å²) in [6.45, 7) is 28.1. The van der Waals surface area contributed by atoms with Crippen molar-refractivity contribution >= 4 is 90.7 Å². The molecule has 11 heteroatoms. The molecule has 0 amide bonds. The highest BCUT2D eigenvalue weighted by Gasteiger charge is 2.13. The van der Waals surface area contributed by atoms with E-state index in [1.165, 1.54) is 7.14 Å². The molecule has 1 N–H and O–H groups in total. The van der Waals surface area contributed by atoms with Gasteiger partial charge in [0.1, 0.15) is 49.4 Å². The topological polar surface area (TPSA) is 73.9 Å². The van der Waals surface area contributed by atoms with Gasteiger partial charge in [-0.25, -0.2) is 0 Å². The van der Waals surface area contributed by atoms with Gasteiger partial charge >= 0.3 is 0 Å². The lowest BCUT2D eigenvalue weighted by Crippen LogP contribution is -2.12. The lowest BCUT2D eigenvalue weighted by Gasteiger charge is -2.25. The van der Waals surface area contributed by atoms with Crippen LogP contribution in [0.3, 0.4) is 0 Å². The first-order chi connectivity index (χ1) is 45.0. The largest absolute Gasteiger partial charge is 0.491 e. The minimum Gasteiger partial charge on any atom is -0.491 e. The van der Waals surface area contributed by atoms with E-state index in [-0.39, 0.29) is 14.9 Å². The van der Waals surface area contributed by atoms with E-state index in [0.29, 0.717) is 52.9 Å². The summed E-state index contributed by atoms with van der Waals surface area (Å²) in [5, 5.41) is 3.30. The summed E-state index contributed by atoms with van der Waals surface area (Å²) in [5.41, 5.74) is 8.77. The van der Waals surface area contributed by atoms with Crippen LogP contribution < -0.4 is 34.1 Å². The molecule has 0 saturated heterocycles. The van der Waals surface area contributed by atoms with Gasteiger partial charge in [-0.3, -0.25) is 0 Å². The summed E-state index contributed by atoms with van der Waals surface area (Å²) < 4.78 is 36.6. The number of hydrogen-bond donors (Lipinski definition) is 1. The first kappa shape index (κ1) is 85.2. The first-order valence-corrected chi connectivity index (χ1v) is 34.3. The summed E-state index contributed by atoms with van der Waals surface area (Å²) >= 11 is 4.54. The number of nitrogens with zero attached hydrogens (tertiary/aromatic N) is 2.